The van der Waals surface area contributed by atoms with E-state index in [-0.39, 0.29) is 61.1 Å². The SMILES string of the molecule is O=C1CC(C2CC(=O)NC(=O)C2)CC(=O)N1. The number of carbonyl (C=O) groups excluding carboxylic acids is 4. The highest BCUT2D eigenvalue weighted by Crippen LogP contribution is 2.30. The summed E-state index contributed by atoms with van der Waals surface area (Å²) in [5, 5.41) is 4.41. The summed E-state index contributed by atoms with van der Waals surface area (Å²) in [4.78, 5) is 44.7. The summed E-state index contributed by atoms with van der Waals surface area (Å²) >= 11 is 0. The number of hydrogen-bond donors (Lipinski definition) is 2. The topological polar surface area (TPSA) is 92.3 Å². The normalized spacial score (nSPS) is 24.2. The molecular weight excluding hydrogens is 212 g/mol. The molecule has 2 fully saturated rings. The van der Waals surface area contributed by atoms with Crippen molar-refractivity contribution in [1.29, 1.82) is 0 Å². The molecule has 2 aliphatic rings. The van der Waals surface area contributed by atoms with Gasteiger partial charge in [-0.15, -0.1) is 0 Å². The van der Waals surface area contributed by atoms with Gasteiger partial charge in [0.15, 0.2) is 0 Å². The predicted octanol–water partition coefficient (Wildman–Crippen LogP) is -0.908. The molecule has 0 unspecified atom stereocenters. The van der Waals surface area contributed by atoms with Gasteiger partial charge in [-0.05, 0) is 11.8 Å². The first-order chi connectivity index (χ1) is 7.54. The summed E-state index contributed by atoms with van der Waals surface area (Å²) in [6.07, 6.45) is 0.877. The van der Waals surface area contributed by atoms with Crippen molar-refractivity contribution < 1.29 is 19.2 Å². The van der Waals surface area contributed by atoms with E-state index >= 15 is 0 Å². The smallest absolute Gasteiger partial charge is 0.226 e. The molecule has 0 aromatic rings. The lowest BCUT2D eigenvalue weighted by atomic mass is 9.79. The Labute approximate surface area is 91.8 Å². The number of imide groups is 2. The highest BCUT2D eigenvalue weighted by Gasteiger charge is 2.36. The lowest BCUT2D eigenvalue weighted by Crippen LogP contribution is -2.45. The van der Waals surface area contributed by atoms with Crippen molar-refractivity contribution in [3.63, 3.8) is 0 Å². The van der Waals surface area contributed by atoms with Crippen molar-refractivity contribution in [2.75, 3.05) is 0 Å². The summed E-state index contributed by atoms with van der Waals surface area (Å²) in [5.74, 6) is -1.65. The fraction of sp³-hybridized carbons (Fsp3) is 0.600. The molecule has 0 bridgehead atoms. The van der Waals surface area contributed by atoms with E-state index in [0.29, 0.717) is 0 Å². The molecular formula is C10H12N2O4. The molecule has 0 aromatic carbocycles. The van der Waals surface area contributed by atoms with Crippen molar-refractivity contribution in [1.82, 2.24) is 10.6 Å². The van der Waals surface area contributed by atoms with Crippen molar-refractivity contribution in [2.24, 2.45) is 11.8 Å². The molecule has 86 valence electrons. The maximum atomic E-state index is 11.2. The molecule has 0 radical (unpaired) electrons. The standard InChI is InChI=1S/C10H12N2O4/c13-7-1-5(2-8(14)11-7)6-3-9(15)12-10(16)4-6/h5-6H,1-4H2,(H,11,13,14)(H,12,15,16). The number of piperidine rings is 2. The highest BCUT2D eigenvalue weighted by molar-refractivity contribution is 5.99. The number of rotatable bonds is 1. The van der Waals surface area contributed by atoms with Crippen LogP contribution in [0.15, 0.2) is 0 Å². The van der Waals surface area contributed by atoms with Crippen molar-refractivity contribution in [3.05, 3.63) is 0 Å². The molecule has 2 saturated heterocycles. The number of amides is 4. The van der Waals surface area contributed by atoms with E-state index in [1.807, 2.05) is 0 Å². The molecule has 2 aliphatic heterocycles. The Bertz CT molecular complexity index is 309. The minimum absolute atomic E-state index is 0.184. The van der Waals surface area contributed by atoms with Gasteiger partial charge in [-0.25, -0.2) is 0 Å². The number of carbonyl (C=O) groups is 4. The second kappa shape index (κ2) is 4.03. The zero-order valence-electron chi connectivity index (χ0n) is 8.62. The van der Waals surface area contributed by atoms with Gasteiger partial charge in [-0.3, -0.25) is 29.8 Å². The van der Waals surface area contributed by atoms with Crippen LogP contribution in [0.5, 0.6) is 0 Å². The van der Waals surface area contributed by atoms with Crippen molar-refractivity contribution >= 4 is 23.6 Å². The lowest BCUT2D eigenvalue weighted by molar-refractivity contribution is -0.141. The maximum absolute atomic E-state index is 11.2. The largest absolute Gasteiger partial charge is 0.296 e. The summed E-state index contributed by atoms with van der Waals surface area (Å²) in [6.45, 7) is 0. The first-order valence-corrected chi connectivity index (χ1v) is 5.20. The highest BCUT2D eigenvalue weighted by atomic mass is 16.2. The molecule has 4 amide bonds. The Balaban J connectivity index is 2.06. The van der Waals surface area contributed by atoms with Crippen molar-refractivity contribution in [2.45, 2.75) is 25.7 Å². The zero-order valence-corrected chi connectivity index (χ0v) is 8.62. The average Bonchev–Trinajstić information content (AvgIpc) is 2.14. The van der Waals surface area contributed by atoms with Crippen LogP contribution >= 0.6 is 0 Å². The molecule has 0 aromatic heterocycles. The molecule has 0 aliphatic carbocycles. The van der Waals surface area contributed by atoms with E-state index in [2.05, 4.69) is 10.6 Å². The predicted molar refractivity (Wildman–Crippen MR) is 51.7 cm³/mol. The van der Waals surface area contributed by atoms with E-state index < -0.39 is 0 Å². The lowest BCUT2D eigenvalue weighted by Gasteiger charge is -2.30. The quantitative estimate of drug-likeness (QED) is 0.564. The summed E-state index contributed by atoms with van der Waals surface area (Å²) in [6, 6.07) is 0. The molecule has 6 nitrogen and oxygen atoms in total. The van der Waals surface area contributed by atoms with E-state index in [1.54, 1.807) is 0 Å². The third-order valence-corrected chi connectivity index (χ3v) is 3.01. The zero-order chi connectivity index (χ0) is 11.7. The molecule has 2 heterocycles. The van der Waals surface area contributed by atoms with Crippen LogP contribution in [0, 0.1) is 11.8 Å². The van der Waals surface area contributed by atoms with Gasteiger partial charge < -0.3 is 0 Å². The Morgan fingerprint density at radius 2 is 0.875 bits per heavy atom. The van der Waals surface area contributed by atoms with E-state index in [1.165, 1.54) is 0 Å². The average molecular weight is 224 g/mol. The van der Waals surface area contributed by atoms with Crippen LogP contribution in [-0.4, -0.2) is 23.6 Å². The Hall–Kier alpha value is -1.72. The van der Waals surface area contributed by atoms with Crippen LogP contribution in [-0.2, 0) is 19.2 Å². The first-order valence-electron chi connectivity index (χ1n) is 5.20. The monoisotopic (exact) mass is 224 g/mol. The Morgan fingerprint density at radius 1 is 0.625 bits per heavy atom. The minimum atomic E-state index is -0.320. The summed E-state index contributed by atoms with van der Waals surface area (Å²) < 4.78 is 0. The fourth-order valence-electron chi connectivity index (χ4n) is 2.28. The molecule has 16 heavy (non-hydrogen) atoms. The Kier molecular flexibility index (Phi) is 2.72. The van der Waals surface area contributed by atoms with Crippen LogP contribution in [0.2, 0.25) is 0 Å². The van der Waals surface area contributed by atoms with Gasteiger partial charge in [0.25, 0.3) is 0 Å². The van der Waals surface area contributed by atoms with Crippen LogP contribution < -0.4 is 10.6 Å². The van der Waals surface area contributed by atoms with Crippen molar-refractivity contribution in [3.8, 4) is 0 Å². The van der Waals surface area contributed by atoms with Crippen LogP contribution in [0.25, 0.3) is 0 Å². The van der Waals surface area contributed by atoms with Gasteiger partial charge in [0.05, 0.1) is 0 Å². The second-order valence-corrected chi connectivity index (χ2v) is 4.28. The van der Waals surface area contributed by atoms with Crippen LogP contribution in [0.1, 0.15) is 25.7 Å². The summed E-state index contributed by atoms with van der Waals surface area (Å²) in [5.41, 5.74) is 0. The molecule has 2 N–H and O–H groups in total. The third kappa shape index (κ3) is 2.26. The molecule has 6 heteroatoms. The minimum Gasteiger partial charge on any atom is -0.296 e. The molecule has 0 saturated carbocycles. The fourth-order valence-corrected chi connectivity index (χ4v) is 2.28. The van der Waals surface area contributed by atoms with Gasteiger partial charge >= 0.3 is 0 Å². The molecule has 2 rings (SSSR count). The van der Waals surface area contributed by atoms with Gasteiger partial charge in [-0.1, -0.05) is 0 Å². The summed E-state index contributed by atoms with van der Waals surface area (Å²) in [7, 11) is 0. The van der Waals surface area contributed by atoms with Gasteiger partial charge in [-0.2, -0.15) is 0 Å². The molecule has 0 atom stereocenters. The third-order valence-electron chi connectivity index (χ3n) is 3.01. The van der Waals surface area contributed by atoms with Gasteiger partial charge in [0, 0.05) is 25.7 Å². The number of hydrogen-bond acceptors (Lipinski definition) is 4. The van der Waals surface area contributed by atoms with Crippen LogP contribution in [0.3, 0.4) is 0 Å². The maximum Gasteiger partial charge on any atom is 0.226 e. The van der Waals surface area contributed by atoms with E-state index in [4.69, 9.17) is 0 Å². The van der Waals surface area contributed by atoms with Crippen LogP contribution in [0.4, 0.5) is 0 Å². The van der Waals surface area contributed by atoms with Gasteiger partial charge in [0.2, 0.25) is 23.6 Å². The van der Waals surface area contributed by atoms with Gasteiger partial charge in [0.1, 0.15) is 0 Å². The molecule has 0 spiro atoms. The second-order valence-electron chi connectivity index (χ2n) is 4.28. The Morgan fingerprint density at radius 3 is 1.12 bits per heavy atom. The van der Waals surface area contributed by atoms with E-state index in [9.17, 15) is 19.2 Å². The number of nitrogens with one attached hydrogen (secondary N) is 2. The van der Waals surface area contributed by atoms with E-state index in [0.717, 1.165) is 0 Å². The first kappa shape index (κ1) is 10.8.